The van der Waals surface area contributed by atoms with Crippen molar-refractivity contribution in [2.45, 2.75) is 45.1 Å². The molecule has 4 aromatic rings. The molecule has 0 amide bonds. The topological polar surface area (TPSA) is 33.1 Å². The third-order valence-electron chi connectivity index (χ3n) is 6.97. The predicted molar refractivity (Wildman–Crippen MR) is 134 cm³/mol. The van der Waals surface area contributed by atoms with Gasteiger partial charge in [-0.05, 0) is 38.5 Å². The fourth-order valence-corrected chi connectivity index (χ4v) is 5.01. The zero-order valence-electron chi connectivity index (χ0n) is 20.8. The first-order valence-electron chi connectivity index (χ1n) is 12.3. The summed E-state index contributed by atoms with van der Waals surface area (Å²) in [5, 5.41) is 7.81. The van der Waals surface area contributed by atoms with Crippen LogP contribution in [0.2, 0.25) is 0 Å². The Morgan fingerprint density at radius 3 is 2.29 bits per heavy atom. The largest absolute Gasteiger partial charge is 0.418 e. The van der Waals surface area contributed by atoms with Gasteiger partial charge in [-0.1, -0.05) is 24.3 Å². The maximum Gasteiger partial charge on any atom is 0.418 e. The number of nitrogens with one attached hydrogen (secondary N) is 1. The molecule has 0 unspecified atom stereocenters. The highest BCUT2D eigenvalue weighted by atomic mass is 19.4. The van der Waals surface area contributed by atoms with Crippen LogP contribution in [0.4, 0.5) is 32.0 Å². The van der Waals surface area contributed by atoms with Crippen molar-refractivity contribution < 1.29 is 26.3 Å². The number of nitrogens with zero attached hydrogens (tertiary/aromatic N) is 3. The number of alkyl halides is 3. The molecular formula is C28H26F6N4. The lowest BCUT2D eigenvalue weighted by atomic mass is 10.0. The summed E-state index contributed by atoms with van der Waals surface area (Å²) >= 11 is 0. The highest BCUT2D eigenvalue weighted by molar-refractivity contribution is 5.95. The van der Waals surface area contributed by atoms with E-state index in [4.69, 9.17) is 0 Å². The number of rotatable bonds is 6. The second-order valence-corrected chi connectivity index (χ2v) is 9.85. The van der Waals surface area contributed by atoms with Crippen LogP contribution < -0.4 is 5.32 Å². The van der Waals surface area contributed by atoms with Gasteiger partial charge in [0.15, 0.2) is 0 Å². The van der Waals surface area contributed by atoms with Crippen LogP contribution in [-0.4, -0.2) is 39.9 Å². The summed E-state index contributed by atoms with van der Waals surface area (Å²) < 4.78 is 84.8. The number of hydrogen-bond donors (Lipinski definition) is 1. The van der Waals surface area contributed by atoms with Gasteiger partial charge in [-0.3, -0.25) is 9.58 Å². The molecule has 38 heavy (non-hydrogen) atoms. The van der Waals surface area contributed by atoms with E-state index in [-0.39, 0.29) is 22.6 Å². The molecule has 1 N–H and O–H groups in total. The molecule has 2 heterocycles. The zero-order valence-corrected chi connectivity index (χ0v) is 20.8. The van der Waals surface area contributed by atoms with Crippen LogP contribution in [0.15, 0.2) is 54.6 Å². The van der Waals surface area contributed by atoms with Gasteiger partial charge in [0, 0.05) is 59.5 Å². The second-order valence-electron chi connectivity index (χ2n) is 9.85. The second kappa shape index (κ2) is 9.98. The monoisotopic (exact) mass is 532 g/mol. The third kappa shape index (κ3) is 5.09. The van der Waals surface area contributed by atoms with Crippen LogP contribution in [0.5, 0.6) is 0 Å². The Labute approximate surface area is 215 Å². The molecular weight excluding hydrogens is 506 g/mol. The van der Waals surface area contributed by atoms with E-state index in [1.54, 1.807) is 12.1 Å². The first kappa shape index (κ1) is 26.1. The number of halogens is 6. The van der Waals surface area contributed by atoms with Crippen molar-refractivity contribution in [2.75, 3.05) is 18.4 Å². The summed E-state index contributed by atoms with van der Waals surface area (Å²) in [5.41, 5.74) is -0.137. The molecule has 3 aromatic carbocycles. The minimum atomic E-state index is -4.68. The summed E-state index contributed by atoms with van der Waals surface area (Å²) in [4.78, 5) is 2.38. The molecule has 0 saturated carbocycles. The summed E-state index contributed by atoms with van der Waals surface area (Å²) in [7, 11) is 0. The predicted octanol–water partition coefficient (Wildman–Crippen LogP) is 7.08. The molecule has 1 fully saturated rings. The van der Waals surface area contributed by atoms with E-state index < -0.39 is 41.3 Å². The minimum Gasteiger partial charge on any atom is -0.381 e. The van der Waals surface area contributed by atoms with E-state index in [1.807, 2.05) is 12.1 Å². The SMILES string of the molecule is CC(C)N1CC[C@@H](Nc2ccc(-c3c4cccc(C(F)(F)F)c4nn3Cc3c(F)cc(F)cc3F)cc2)C1. The molecule has 1 atom stereocenters. The van der Waals surface area contributed by atoms with Crippen LogP contribution >= 0.6 is 0 Å². The smallest absolute Gasteiger partial charge is 0.381 e. The van der Waals surface area contributed by atoms with E-state index in [0.29, 0.717) is 23.7 Å². The maximum atomic E-state index is 14.5. The lowest BCUT2D eigenvalue weighted by Gasteiger charge is -2.21. The Bertz CT molecular complexity index is 1440. The lowest BCUT2D eigenvalue weighted by molar-refractivity contribution is -0.136. The van der Waals surface area contributed by atoms with Crippen molar-refractivity contribution in [3.63, 3.8) is 0 Å². The average Bonchev–Trinajstić information content (AvgIpc) is 3.46. The molecule has 0 bridgehead atoms. The zero-order chi connectivity index (χ0) is 27.2. The molecule has 1 aliphatic rings. The Kier molecular flexibility index (Phi) is 6.85. The molecule has 0 radical (unpaired) electrons. The molecule has 0 aliphatic carbocycles. The van der Waals surface area contributed by atoms with Gasteiger partial charge in [0.05, 0.1) is 17.8 Å². The van der Waals surface area contributed by atoms with Gasteiger partial charge < -0.3 is 5.32 Å². The lowest BCUT2D eigenvalue weighted by Crippen LogP contribution is -2.31. The van der Waals surface area contributed by atoms with Crippen LogP contribution in [0.25, 0.3) is 22.2 Å². The Hall–Kier alpha value is -3.53. The Morgan fingerprint density at radius 2 is 1.68 bits per heavy atom. The van der Waals surface area contributed by atoms with E-state index in [0.717, 1.165) is 35.9 Å². The van der Waals surface area contributed by atoms with Gasteiger partial charge in [-0.2, -0.15) is 18.3 Å². The van der Waals surface area contributed by atoms with E-state index in [1.165, 1.54) is 12.1 Å². The van der Waals surface area contributed by atoms with Gasteiger partial charge in [-0.15, -0.1) is 0 Å². The van der Waals surface area contributed by atoms with Crippen molar-refractivity contribution in [2.24, 2.45) is 0 Å². The maximum absolute atomic E-state index is 14.5. The van der Waals surface area contributed by atoms with Crippen LogP contribution in [0, 0.1) is 17.5 Å². The van der Waals surface area contributed by atoms with Gasteiger partial charge in [0.2, 0.25) is 0 Å². The number of hydrogen-bond acceptors (Lipinski definition) is 3. The Balaban J connectivity index is 1.55. The van der Waals surface area contributed by atoms with Crippen molar-refractivity contribution in [3.8, 4) is 11.3 Å². The van der Waals surface area contributed by atoms with Crippen molar-refractivity contribution >= 4 is 16.6 Å². The summed E-state index contributed by atoms with van der Waals surface area (Å²) in [5.74, 6) is -3.37. The van der Waals surface area contributed by atoms with Gasteiger partial charge in [0.1, 0.15) is 23.0 Å². The Morgan fingerprint density at radius 1 is 1.00 bits per heavy atom. The molecule has 10 heteroatoms. The highest BCUT2D eigenvalue weighted by Gasteiger charge is 2.35. The van der Waals surface area contributed by atoms with Crippen molar-refractivity contribution in [1.29, 1.82) is 0 Å². The molecule has 1 aliphatic heterocycles. The number of likely N-dealkylation sites (tertiary alicyclic amines) is 1. The summed E-state index contributed by atoms with van der Waals surface area (Å²) in [6.45, 7) is 5.69. The van der Waals surface area contributed by atoms with E-state index >= 15 is 0 Å². The van der Waals surface area contributed by atoms with Crippen molar-refractivity contribution in [3.05, 3.63) is 83.2 Å². The standard InChI is InChI=1S/C28H26F6N4/c1-16(2)37-11-10-20(14-37)35-19-8-6-17(7-9-19)27-21-4-3-5-23(28(32,33)34)26(21)36-38(27)15-22-24(30)12-18(29)13-25(22)31/h3-9,12-13,16,20,35H,10-11,14-15H2,1-2H3/t20-/m1/s1. The molecule has 4 nitrogen and oxygen atoms in total. The first-order chi connectivity index (χ1) is 18.0. The van der Waals surface area contributed by atoms with Gasteiger partial charge in [-0.25, -0.2) is 13.2 Å². The number of benzene rings is 3. The van der Waals surface area contributed by atoms with Crippen molar-refractivity contribution in [1.82, 2.24) is 14.7 Å². The van der Waals surface area contributed by atoms with E-state index in [9.17, 15) is 26.3 Å². The fourth-order valence-electron chi connectivity index (χ4n) is 5.01. The number of anilines is 1. The molecule has 1 saturated heterocycles. The van der Waals surface area contributed by atoms with Crippen LogP contribution in [-0.2, 0) is 12.7 Å². The number of aromatic nitrogens is 2. The van der Waals surface area contributed by atoms with Crippen LogP contribution in [0.3, 0.4) is 0 Å². The quantitative estimate of drug-likeness (QED) is 0.270. The summed E-state index contributed by atoms with van der Waals surface area (Å²) in [6, 6.07) is 12.6. The molecule has 200 valence electrons. The normalized spacial score (nSPS) is 16.6. The van der Waals surface area contributed by atoms with Gasteiger partial charge >= 0.3 is 6.18 Å². The number of fused-ring (bicyclic) bond motifs is 1. The average molecular weight is 533 g/mol. The highest BCUT2D eigenvalue weighted by Crippen LogP contribution is 2.38. The third-order valence-corrected chi connectivity index (χ3v) is 6.97. The van der Waals surface area contributed by atoms with E-state index in [2.05, 4.69) is 29.2 Å². The fraction of sp³-hybridized carbons (Fsp3) is 0.321. The molecule has 1 aromatic heterocycles. The first-order valence-corrected chi connectivity index (χ1v) is 12.3. The summed E-state index contributed by atoms with van der Waals surface area (Å²) in [6.07, 6.45) is -3.69. The molecule has 0 spiro atoms. The molecule has 5 rings (SSSR count). The van der Waals surface area contributed by atoms with Crippen LogP contribution in [0.1, 0.15) is 31.4 Å². The van der Waals surface area contributed by atoms with Gasteiger partial charge in [0.25, 0.3) is 0 Å². The minimum absolute atomic E-state index is 0.187.